The number of carbonyl (C=O) groups is 2. The van der Waals surface area contributed by atoms with Gasteiger partial charge in [-0.2, -0.15) is 5.26 Å². The highest BCUT2D eigenvalue weighted by Crippen LogP contribution is 2.74. The minimum absolute atomic E-state index is 0.0411. The summed E-state index contributed by atoms with van der Waals surface area (Å²) in [7, 11) is 0. The average molecular weight is 541 g/mol. The van der Waals surface area contributed by atoms with Crippen molar-refractivity contribution in [1.82, 2.24) is 5.32 Å². The van der Waals surface area contributed by atoms with Gasteiger partial charge in [0, 0.05) is 12.5 Å². The molecule has 4 saturated carbocycles. The highest BCUT2D eigenvalue weighted by molar-refractivity contribution is 5.95. The van der Waals surface area contributed by atoms with Crippen LogP contribution < -0.4 is 5.32 Å². The fraction of sp³-hybridized carbons (Fsp3) is 0.781. The molecule has 0 aromatic heterocycles. The number of fused-ring (bicyclic) bond motifs is 5. The molecule has 0 aliphatic heterocycles. The first kappa shape index (κ1) is 29.8. The smallest absolute Gasteiger partial charge is 0.303 e. The molecule has 4 aliphatic rings. The lowest BCUT2D eigenvalue weighted by atomic mass is 9.36. The molecule has 0 aromatic carbocycles. The standard InChI is InChI=1S/C32H48N2O5/c1-18(2)9-8-10-21(29(38)34-17-33)27-23-15-25(37)28-30(5)13-12-24(36)19(3)22(30)11-14-31(28,6)32(23,7)16-26(27)39-20(4)35/h9,19,22-26,28,36-37H,8,10-16H2,1-7H3,(H,34,38)/b27-21-/t19-,22-,23-,24+,25+,26-,28?,30-,31-,32-/m0/s1. The van der Waals surface area contributed by atoms with Crippen molar-refractivity contribution in [2.24, 2.45) is 39.9 Å². The molecule has 0 saturated heterocycles. The van der Waals surface area contributed by atoms with Crippen LogP contribution in [0.5, 0.6) is 0 Å². The summed E-state index contributed by atoms with van der Waals surface area (Å²) >= 11 is 0. The summed E-state index contributed by atoms with van der Waals surface area (Å²) in [5.74, 6) is -0.401. The van der Waals surface area contributed by atoms with Crippen molar-refractivity contribution in [2.45, 2.75) is 118 Å². The molecule has 216 valence electrons. The topological polar surface area (TPSA) is 120 Å². The van der Waals surface area contributed by atoms with Gasteiger partial charge in [-0.25, -0.2) is 0 Å². The fourth-order valence-corrected chi connectivity index (χ4v) is 9.93. The summed E-state index contributed by atoms with van der Waals surface area (Å²) in [6.45, 7) is 14.5. The minimum atomic E-state index is -0.576. The van der Waals surface area contributed by atoms with Gasteiger partial charge in [-0.05, 0) is 111 Å². The van der Waals surface area contributed by atoms with Crippen LogP contribution in [0.2, 0.25) is 0 Å². The minimum Gasteiger partial charge on any atom is -0.458 e. The van der Waals surface area contributed by atoms with Gasteiger partial charge in [0.15, 0.2) is 6.19 Å². The molecule has 0 bridgehead atoms. The van der Waals surface area contributed by atoms with E-state index in [1.54, 1.807) is 6.19 Å². The van der Waals surface area contributed by atoms with E-state index in [4.69, 9.17) is 4.74 Å². The van der Waals surface area contributed by atoms with Crippen molar-refractivity contribution in [3.63, 3.8) is 0 Å². The number of nitrogens with zero attached hydrogens (tertiary/aromatic N) is 1. The Morgan fingerprint density at radius 3 is 2.41 bits per heavy atom. The number of nitriles is 1. The first-order valence-electron chi connectivity index (χ1n) is 14.8. The van der Waals surface area contributed by atoms with Crippen LogP contribution in [0.4, 0.5) is 0 Å². The summed E-state index contributed by atoms with van der Waals surface area (Å²) < 4.78 is 5.95. The Morgan fingerprint density at radius 2 is 1.79 bits per heavy atom. The van der Waals surface area contributed by atoms with Crippen LogP contribution in [-0.4, -0.2) is 40.4 Å². The number of nitrogens with one attached hydrogen (secondary N) is 1. The van der Waals surface area contributed by atoms with Gasteiger partial charge in [-0.3, -0.25) is 14.9 Å². The molecular weight excluding hydrogens is 492 g/mol. The molecule has 4 rings (SSSR count). The van der Waals surface area contributed by atoms with E-state index >= 15 is 0 Å². The van der Waals surface area contributed by atoms with Gasteiger partial charge in [0.1, 0.15) is 6.10 Å². The quantitative estimate of drug-likeness (QED) is 0.145. The Labute approximate surface area is 234 Å². The molecule has 0 heterocycles. The van der Waals surface area contributed by atoms with Crippen LogP contribution in [0, 0.1) is 51.4 Å². The number of allylic oxidation sites excluding steroid dienone is 2. The van der Waals surface area contributed by atoms with Crippen molar-refractivity contribution >= 4 is 11.9 Å². The van der Waals surface area contributed by atoms with E-state index in [9.17, 15) is 25.1 Å². The number of hydrogen-bond acceptors (Lipinski definition) is 6. The lowest BCUT2D eigenvalue weighted by molar-refractivity contribution is -0.234. The van der Waals surface area contributed by atoms with Gasteiger partial charge in [-0.15, -0.1) is 0 Å². The highest BCUT2D eigenvalue weighted by atomic mass is 16.5. The van der Waals surface area contributed by atoms with Crippen molar-refractivity contribution in [3.05, 3.63) is 22.8 Å². The number of aliphatic hydroxyl groups excluding tert-OH is 2. The summed E-state index contributed by atoms with van der Waals surface area (Å²) in [6, 6.07) is 0. The molecule has 7 heteroatoms. The van der Waals surface area contributed by atoms with Gasteiger partial charge in [0.2, 0.25) is 0 Å². The zero-order chi connectivity index (χ0) is 28.9. The number of esters is 1. The van der Waals surface area contributed by atoms with Gasteiger partial charge in [0.05, 0.1) is 12.2 Å². The molecule has 7 nitrogen and oxygen atoms in total. The van der Waals surface area contributed by atoms with Gasteiger partial charge < -0.3 is 14.9 Å². The Bertz CT molecular complexity index is 1100. The van der Waals surface area contributed by atoms with Crippen molar-refractivity contribution in [3.8, 4) is 6.19 Å². The van der Waals surface area contributed by atoms with Crippen LogP contribution in [0.15, 0.2) is 22.8 Å². The van der Waals surface area contributed by atoms with Gasteiger partial charge >= 0.3 is 5.97 Å². The van der Waals surface area contributed by atoms with Gasteiger partial charge in [0.25, 0.3) is 5.91 Å². The van der Waals surface area contributed by atoms with E-state index in [0.29, 0.717) is 37.2 Å². The highest BCUT2D eigenvalue weighted by Gasteiger charge is 2.70. The van der Waals surface area contributed by atoms with Crippen LogP contribution in [-0.2, 0) is 14.3 Å². The first-order valence-corrected chi connectivity index (χ1v) is 14.8. The van der Waals surface area contributed by atoms with E-state index < -0.39 is 24.1 Å². The normalized spacial score (nSPS) is 44.2. The molecule has 4 fully saturated rings. The second-order valence-electron chi connectivity index (χ2n) is 13.9. The molecule has 39 heavy (non-hydrogen) atoms. The monoisotopic (exact) mass is 540 g/mol. The van der Waals surface area contributed by atoms with E-state index in [1.807, 2.05) is 13.8 Å². The summed E-state index contributed by atoms with van der Waals surface area (Å²) in [4.78, 5) is 25.7. The van der Waals surface area contributed by atoms with Crippen LogP contribution >= 0.6 is 0 Å². The summed E-state index contributed by atoms with van der Waals surface area (Å²) in [5, 5.41) is 34.3. The third kappa shape index (κ3) is 4.76. The predicted molar refractivity (Wildman–Crippen MR) is 149 cm³/mol. The lowest BCUT2D eigenvalue weighted by Gasteiger charge is -2.69. The molecule has 3 N–H and O–H groups in total. The fourth-order valence-electron chi connectivity index (χ4n) is 9.93. The Balaban J connectivity index is 1.85. The van der Waals surface area contributed by atoms with Crippen LogP contribution in [0.25, 0.3) is 0 Å². The molecular formula is C32H48N2O5. The third-order valence-corrected chi connectivity index (χ3v) is 11.8. The van der Waals surface area contributed by atoms with E-state index in [0.717, 1.165) is 36.8 Å². The average Bonchev–Trinajstić information content (AvgIpc) is 3.11. The first-order chi connectivity index (χ1) is 18.2. The van der Waals surface area contributed by atoms with Crippen LogP contribution in [0.1, 0.15) is 99.8 Å². The van der Waals surface area contributed by atoms with Crippen molar-refractivity contribution in [2.75, 3.05) is 0 Å². The molecule has 0 radical (unpaired) electrons. The number of aliphatic hydroxyl groups is 2. The molecule has 10 atom stereocenters. The second kappa shape index (κ2) is 10.7. The van der Waals surface area contributed by atoms with Crippen molar-refractivity contribution < 1.29 is 24.5 Å². The molecule has 0 spiro atoms. The number of amides is 1. The molecule has 4 aliphatic carbocycles. The predicted octanol–water partition coefficient (Wildman–Crippen LogP) is 5.18. The van der Waals surface area contributed by atoms with Gasteiger partial charge in [-0.1, -0.05) is 39.3 Å². The summed E-state index contributed by atoms with van der Waals surface area (Å²) in [5.41, 5.74) is 1.78. The molecule has 1 amide bonds. The zero-order valence-corrected chi connectivity index (χ0v) is 24.8. The largest absolute Gasteiger partial charge is 0.458 e. The van der Waals surface area contributed by atoms with E-state index in [-0.39, 0.29) is 40.1 Å². The van der Waals surface area contributed by atoms with E-state index in [1.165, 1.54) is 6.92 Å². The maximum atomic E-state index is 13.3. The summed E-state index contributed by atoms with van der Waals surface area (Å²) in [6.07, 6.45) is 8.11. The van der Waals surface area contributed by atoms with Crippen LogP contribution in [0.3, 0.4) is 0 Å². The Morgan fingerprint density at radius 1 is 1.10 bits per heavy atom. The Kier molecular flexibility index (Phi) is 8.15. The Hall–Kier alpha value is -2.17. The van der Waals surface area contributed by atoms with Crippen molar-refractivity contribution in [1.29, 1.82) is 5.26 Å². The number of ether oxygens (including phenoxy) is 1. The molecule has 1 unspecified atom stereocenters. The lowest BCUT2D eigenvalue weighted by Crippen LogP contribution is -2.65. The maximum Gasteiger partial charge on any atom is 0.303 e. The zero-order valence-electron chi connectivity index (χ0n) is 24.8. The van der Waals surface area contributed by atoms with E-state index in [2.05, 4.69) is 39.1 Å². The number of hydrogen-bond donors (Lipinski definition) is 3. The number of carbonyl (C=O) groups excluding carboxylic acids is 2. The second-order valence-corrected chi connectivity index (χ2v) is 13.9. The third-order valence-electron chi connectivity index (χ3n) is 11.8. The maximum absolute atomic E-state index is 13.3. The number of rotatable bonds is 5. The SMILES string of the molecule is CC(=O)O[C@H]1C[C@@]2(C)[C@@H](C[C@@H](O)C3[C@]2(C)CC[C@H]2[C@H](C)[C@H](O)CC[C@]32C)/C1=C(\CCC=C(C)C)C(=O)NC#N. The molecule has 0 aromatic rings.